The van der Waals surface area contributed by atoms with E-state index in [0.29, 0.717) is 11.4 Å². The topological polar surface area (TPSA) is 55.4 Å². The van der Waals surface area contributed by atoms with Gasteiger partial charge in [0.05, 0.1) is 5.41 Å². The standard InChI is InChI=1S/C22H25NO3/c1-15(24)23-18-9-11-19(12-10-18)26-20(25)22(13-14-22)17-7-5-16(6-8-17)21(2,3)4/h5-12H,13-14H2,1-4H3,(H,23,24). The van der Waals surface area contributed by atoms with Gasteiger partial charge in [0.25, 0.3) is 0 Å². The van der Waals surface area contributed by atoms with Crippen molar-refractivity contribution in [2.24, 2.45) is 0 Å². The van der Waals surface area contributed by atoms with Crippen LogP contribution in [0.3, 0.4) is 0 Å². The zero-order chi connectivity index (χ0) is 18.9. The summed E-state index contributed by atoms with van der Waals surface area (Å²) in [6, 6.07) is 15.1. The average Bonchev–Trinajstić information content (AvgIpc) is 3.37. The van der Waals surface area contributed by atoms with Crippen molar-refractivity contribution in [2.45, 2.75) is 51.4 Å². The third kappa shape index (κ3) is 3.79. The summed E-state index contributed by atoms with van der Waals surface area (Å²) in [5.41, 5.74) is 2.51. The third-order valence-corrected chi connectivity index (χ3v) is 4.83. The Morgan fingerprint density at radius 3 is 2.00 bits per heavy atom. The van der Waals surface area contributed by atoms with Crippen molar-refractivity contribution >= 4 is 17.6 Å². The molecule has 2 aromatic rings. The molecule has 2 aromatic carbocycles. The Bertz CT molecular complexity index is 810. The van der Waals surface area contributed by atoms with E-state index in [4.69, 9.17) is 4.74 Å². The highest BCUT2D eigenvalue weighted by atomic mass is 16.5. The Kier molecular flexibility index (Phi) is 4.61. The second-order valence-electron chi connectivity index (χ2n) is 8.00. The van der Waals surface area contributed by atoms with Crippen LogP contribution in [0.5, 0.6) is 5.75 Å². The number of carbonyl (C=O) groups is 2. The first-order valence-corrected chi connectivity index (χ1v) is 8.92. The second-order valence-corrected chi connectivity index (χ2v) is 8.00. The zero-order valence-corrected chi connectivity index (χ0v) is 15.8. The molecular weight excluding hydrogens is 326 g/mol. The van der Waals surface area contributed by atoms with Crippen LogP contribution in [0, 0.1) is 0 Å². The first-order chi connectivity index (χ1) is 12.2. The maximum absolute atomic E-state index is 12.7. The SMILES string of the molecule is CC(=O)Nc1ccc(OC(=O)C2(c3ccc(C(C)(C)C)cc3)CC2)cc1. The van der Waals surface area contributed by atoms with E-state index in [1.54, 1.807) is 24.3 Å². The lowest BCUT2D eigenvalue weighted by atomic mass is 9.85. The van der Waals surface area contributed by atoms with Gasteiger partial charge in [0.2, 0.25) is 5.91 Å². The minimum atomic E-state index is -0.521. The molecule has 1 aliphatic rings. The van der Waals surface area contributed by atoms with Gasteiger partial charge in [0.15, 0.2) is 0 Å². The summed E-state index contributed by atoms with van der Waals surface area (Å²) in [5.74, 6) is 0.139. The molecule has 0 spiro atoms. The van der Waals surface area contributed by atoms with E-state index in [2.05, 4.69) is 50.4 Å². The number of carbonyl (C=O) groups excluding carboxylic acids is 2. The normalized spacial score (nSPS) is 15.2. The van der Waals surface area contributed by atoms with Gasteiger partial charge in [-0.25, -0.2) is 0 Å². The molecule has 3 rings (SSSR count). The Morgan fingerprint density at radius 2 is 1.54 bits per heavy atom. The molecule has 1 amide bonds. The average molecular weight is 351 g/mol. The van der Waals surface area contributed by atoms with E-state index in [1.165, 1.54) is 12.5 Å². The van der Waals surface area contributed by atoms with Gasteiger partial charge in [0.1, 0.15) is 5.75 Å². The number of anilines is 1. The highest BCUT2D eigenvalue weighted by Gasteiger charge is 2.53. The lowest BCUT2D eigenvalue weighted by Crippen LogP contribution is -2.26. The number of amides is 1. The summed E-state index contributed by atoms with van der Waals surface area (Å²) in [5, 5.41) is 2.69. The number of esters is 1. The molecule has 0 bridgehead atoms. The number of benzene rings is 2. The van der Waals surface area contributed by atoms with E-state index in [9.17, 15) is 9.59 Å². The molecule has 0 heterocycles. The van der Waals surface area contributed by atoms with Crippen molar-refractivity contribution in [2.75, 3.05) is 5.32 Å². The summed E-state index contributed by atoms with van der Waals surface area (Å²) < 4.78 is 5.60. The van der Waals surface area contributed by atoms with Gasteiger partial charge in [-0.15, -0.1) is 0 Å². The molecule has 1 fully saturated rings. The fourth-order valence-electron chi connectivity index (χ4n) is 3.04. The van der Waals surface area contributed by atoms with Crippen molar-refractivity contribution in [1.82, 2.24) is 0 Å². The van der Waals surface area contributed by atoms with Crippen LogP contribution in [0.4, 0.5) is 5.69 Å². The van der Waals surface area contributed by atoms with E-state index in [1.807, 2.05) is 0 Å². The fourth-order valence-corrected chi connectivity index (χ4v) is 3.04. The molecular formula is C22H25NO3. The van der Waals surface area contributed by atoms with E-state index >= 15 is 0 Å². The molecule has 0 unspecified atom stereocenters. The van der Waals surface area contributed by atoms with Crippen LogP contribution in [0.15, 0.2) is 48.5 Å². The lowest BCUT2D eigenvalue weighted by molar-refractivity contribution is -0.137. The molecule has 4 nitrogen and oxygen atoms in total. The van der Waals surface area contributed by atoms with Crippen molar-refractivity contribution in [3.05, 3.63) is 59.7 Å². The van der Waals surface area contributed by atoms with Crippen molar-refractivity contribution in [3.63, 3.8) is 0 Å². The fraction of sp³-hybridized carbons (Fsp3) is 0.364. The number of hydrogen-bond acceptors (Lipinski definition) is 3. The molecule has 136 valence electrons. The summed E-state index contributed by atoms with van der Waals surface area (Å²) in [6.45, 7) is 7.98. The Hall–Kier alpha value is -2.62. The summed E-state index contributed by atoms with van der Waals surface area (Å²) in [6.07, 6.45) is 1.62. The van der Waals surface area contributed by atoms with Crippen LogP contribution in [0.25, 0.3) is 0 Å². The Morgan fingerprint density at radius 1 is 0.962 bits per heavy atom. The number of nitrogens with one attached hydrogen (secondary N) is 1. The molecule has 0 saturated heterocycles. The van der Waals surface area contributed by atoms with Gasteiger partial charge in [-0.1, -0.05) is 45.0 Å². The molecule has 1 N–H and O–H groups in total. The Labute approximate surface area is 154 Å². The van der Waals surface area contributed by atoms with E-state index in [-0.39, 0.29) is 17.3 Å². The van der Waals surface area contributed by atoms with Crippen molar-refractivity contribution in [1.29, 1.82) is 0 Å². The van der Waals surface area contributed by atoms with Gasteiger partial charge >= 0.3 is 5.97 Å². The van der Waals surface area contributed by atoms with Crippen molar-refractivity contribution in [3.8, 4) is 5.75 Å². The predicted octanol–water partition coefficient (Wildman–Crippen LogP) is 4.58. The van der Waals surface area contributed by atoms with Crippen LogP contribution < -0.4 is 10.1 Å². The molecule has 0 radical (unpaired) electrons. The van der Waals surface area contributed by atoms with Crippen LogP contribution in [0.2, 0.25) is 0 Å². The summed E-state index contributed by atoms with van der Waals surface area (Å²) in [4.78, 5) is 23.8. The molecule has 0 atom stereocenters. The predicted molar refractivity (Wildman–Crippen MR) is 102 cm³/mol. The van der Waals surface area contributed by atoms with Crippen LogP contribution in [-0.2, 0) is 20.4 Å². The molecule has 26 heavy (non-hydrogen) atoms. The number of rotatable bonds is 4. The quantitative estimate of drug-likeness (QED) is 0.648. The molecule has 1 saturated carbocycles. The Balaban J connectivity index is 1.72. The zero-order valence-electron chi connectivity index (χ0n) is 15.8. The van der Waals surface area contributed by atoms with Crippen LogP contribution in [-0.4, -0.2) is 11.9 Å². The minimum Gasteiger partial charge on any atom is -0.426 e. The molecule has 0 aromatic heterocycles. The van der Waals surface area contributed by atoms with Gasteiger partial charge in [-0.05, 0) is 53.6 Å². The molecule has 0 aliphatic heterocycles. The smallest absolute Gasteiger partial charge is 0.321 e. The monoisotopic (exact) mass is 351 g/mol. The van der Waals surface area contributed by atoms with Crippen molar-refractivity contribution < 1.29 is 14.3 Å². The largest absolute Gasteiger partial charge is 0.426 e. The maximum Gasteiger partial charge on any atom is 0.321 e. The lowest BCUT2D eigenvalue weighted by Gasteiger charge is -2.21. The highest BCUT2D eigenvalue weighted by Crippen LogP contribution is 2.49. The van der Waals surface area contributed by atoms with Gasteiger partial charge in [-0.3, -0.25) is 9.59 Å². The minimum absolute atomic E-state index is 0.0887. The first-order valence-electron chi connectivity index (χ1n) is 8.92. The van der Waals surface area contributed by atoms with E-state index in [0.717, 1.165) is 18.4 Å². The number of ether oxygens (including phenoxy) is 1. The summed E-state index contributed by atoms with van der Waals surface area (Å²) in [7, 11) is 0. The van der Waals surface area contributed by atoms with Gasteiger partial charge < -0.3 is 10.1 Å². The maximum atomic E-state index is 12.7. The van der Waals surface area contributed by atoms with Gasteiger partial charge in [-0.2, -0.15) is 0 Å². The molecule has 4 heteroatoms. The molecule has 1 aliphatic carbocycles. The van der Waals surface area contributed by atoms with Gasteiger partial charge in [0, 0.05) is 12.6 Å². The number of hydrogen-bond donors (Lipinski definition) is 1. The van der Waals surface area contributed by atoms with Crippen LogP contribution in [0.1, 0.15) is 51.7 Å². The third-order valence-electron chi connectivity index (χ3n) is 4.83. The first kappa shape index (κ1) is 18.2. The summed E-state index contributed by atoms with van der Waals surface area (Å²) >= 11 is 0. The van der Waals surface area contributed by atoms with E-state index < -0.39 is 5.41 Å². The van der Waals surface area contributed by atoms with Crippen LogP contribution >= 0.6 is 0 Å². The highest BCUT2D eigenvalue weighted by molar-refractivity contribution is 5.89. The second kappa shape index (κ2) is 6.60.